The number of fused-ring (bicyclic) bond motifs is 3. The Labute approximate surface area is 249 Å². The number of carbonyl (C=O) groups is 3. The van der Waals surface area contributed by atoms with E-state index < -0.39 is 18.0 Å². The zero-order valence-electron chi connectivity index (χ0n) is 23.1. The number of nitrogens with zero attached hydrogens (tertiary/aromatic N) is 2. The molecule has 3 aliphatic heterocycles. The van der Waals surface area contributed by atoms with E-state index in [1.165, 1.54) is 18.4 Å². The molecule has 41 heavy (non-hydrogen) atoms. The third-order valence-electron chi connectivity index (χ3n) is 7.81. The van der Waals surface area contributed by atoms with E-state index in [0.29, 0.717) is 40.3 Å². The van der Waals surface area contributed by atoms with Crippen LogP contribution in [-0.4, -0.2) is 73.2 Å². The molecular weight excluding hydrogens is 566 g/mol. The molecule has 1 aromatic carbocycles. The van der Waals surface area contributed by atoms with Crippen molar-refractivity contribution in [2.24, 2.45) is 5.92 Å². The summed E-state index contributed by atoms with van der Waals surface area (Å²) in [7, 11) is 1.53. The second-order valence-electron chi connectivity index (χ2n) is 10.4. The Morgan fingerprint density at radius 2 is 1.93 bits per heavy atom. The van der Waals surface area contributed by atoms with Crippen molar-refractivity contribution in [3.63, 3.8) is 0 Å². The number of carbonyl (C=O) groups excluding carboxylic acids is 3. The molecule has 2 bridgehead atoms. The predicted octanol–water partition coefficient (Wildman–Crippen LogP) is 1.52. The smallest absolute Gasteiger partial charge is 0.338 e. The molecular formula is C30H34ClN3O6S. The Morgan fingerprint density at radius 1 is 1.12 bits per heavy atom. The number of rotatable bonds is 11. The van der Waals surface area contributed by atoms with Crippen LogP contribution in [0.1, 0.15) is 51.4 Å². The van der Waals surface area contributed by atoms with Gasteiger partial charge in [0, 0.05) is 42.3 Å². The summed E-state index contributed by atoms with van der Waals surface area (Å²) >= 11 is 1.47. The van der Waals surface area contributed by atoms with Crippen molar-refractivity contribution in [2.45, 2.75) is 31.9 Å². The van der Waals surface area contributed by atoms with Gasteiger partial charge in [0.1, 0.15) is 13.1 Å². The zero-order chi connectivity index (χ0) is 28.1. The Kier molecular flexibility index (Phi) is 10.0. The standard InChI is InChI=1S/C30H34N3O6S.ClH/c1-3-38-29(35)21-6-4-7-23(16-21)32-28(22-9-10-27(37-2)31-17-22)30(36)39-25-19-33(13-11-20(25)12-14-33)18-24(34)26-8-5-15-40-26;/h4-10,15-17,20,25,28,32H,3,11-14,18-19H2,1-2H3;1H/q+1;/p-1/t20?,25-,28?,33?;/m0./s1. The number of methoxy groups -OCH3 is 1. The lowest BCUT2D eigenvalue weighted by Crippen LogP contribution is -3.00. The number of ketones is 1. The lowest BCUT2D eigenvalue weighted by atomic mass is 9.83. The number of hydrogen-bond acceptors (Lipinski definition) is 9. The van der Waals surface area contributed by atoms with Crippen LogP contribution in [0.3, 0.4) is 0 Å². The van der Waals surface area contributed by atoms with Crippen LogP contribution >= 0.6 is 11.3 Å². The summed E-state index contributed by atoms with van der Waals surface area (Å²) in [6, 6.07) is 13.2. The van der Waals surface area contributed by atoms with E-state index in [1.807, 2.05) is 17.5 Å². The molecule has 2 atom stereocenters. The molecule has 0 radical (unpaired) electrons. The fourth-order valence-electron chi connectivity index (χ4n) is 5.69. The van der Waals surface area contributed by atoms with Crippen LogP contribution in [0, 0.1) is 5.92 Å². The number of quaternary nitrogens is 1. The molecule has 9 nitrogen and oxygen atoms in total. The molecule has 1 unspecified atom stereocenters. The Balaban J connectivity index is 0.00000387. The van der Waals surface area contributed by atoms with Crippen molar-refractivity contribution < 1.29 is 45.5 Å². The number of benzene rings is 1. The highest BCUT2D eigenvalue weighted by molar-refractivity contribution is 7.12. The van der Waals surface area contributed by atoms with Gasteiger partial charge >= 0.3 is 11.9 Å². The highest BCUT2D eigenvalue weighted by Gasteiger charge is 2.49. The summed E-state index contributed by atoms with van der Waals surface area (Å²) < 4.78 is 17.2. The highest BCUT2D eigenvalue weighted by Crippen LogP contribution is 2.37. The lowest BCUT2D eigenvalue weighted by Gasteiger charge is -2.51. The summed E-state index contributed by atoms with van der Waals surface area (Å²) in [5, 5.41) is 5.16. The monoisotopic (exact) mass is 599 g/mol. The normalized spacial score (nSPS) is 21.7. The topological polar surface area (TPSA) is 104 Å². The molecule has 3 saturated heterocycles. The minimum absolute atomic E-state index is 0. The number of halogens is 1. The minimum atomic E-state index is -0.868. The number of Topliss-reactive ketones (excluding diaryl/α,β-unsaturated/α-hetero) is 1. The maximum absolute atomic E-state index is 13.8. The Bertz CT molecular complexity index is 1340. The van der Waals surface area contributed by atoms with Crippen LogP contribution in [0.4, 0.5) is 5.69 Å². The quantitative estimate of drug-likeness (QED) is 0.201. The fraction of sp³-hybridized carbons (Fsp3) is 0.400. The van der Waals surface area contributed by atoms with Crippen molar-refractivity contribution in [1.29, 1.82) is 0 Å². The SMILES string of the molecule is CCOC(=O)c1cccc(NC(C(=O)O[C@H]2C[N+]3(CC(=O)c4cccs4)CCC2CC3)c2ccc(OC)nc2)c1.[Cl-]. The zero-order valence-corrected chi connectivity index (χ0v) is 24.7. The maximum atomic E-state index is 13.8. The first-order valence-corrected chi connectivity index (χ1v) is 14.4. The number of hydrogen-bond donors (Lipinski definition) is 1. The number of ether oxygens (including phenoxy) is 3. The summed E-state index contributed by atoms with van der Waals surface area (Å²) in [5.74, 6) is -0.0301. The molecule has 6 rings (SSSR count). The number of piperidine rings is 3. The molecule has 0 spiro atoms. The van der Waals surface area contributed by atoms with Crippen molar-refractivity contribution >= 4 is 34.7 Å². The van der Waals surface area contributed by atoms with Crippen molar-refractivity contribution in [3.05, 3.63) is 76.1 Å². The molecule has 218 valence electrons. The van der Waals surface area contributed by atoms with Crippen LogP contribution in [0.5, 0.6) is 5.88 Å². The third-order valence-corrected chi connectivity index (χ3v) is 8.72. The summed E-state index contributed by atoms with van der Waals surface area (Å²) in [6.45, 7) is 4.90. The average Bonchev–Trinajstić information content (AvgIpc) is 3.52. The van der Waals surface area contributed by atoms with E-state index in [0.717, 1.165) is 30.8 Å². The van der Waals surface area contributed by atoms with Crippen molar-refractivity contribution in [3.8, 4) is 5.88 Å². The van der Waals surface area contributed by atoms with Gasteiger partial charge in [-0.05, 0) is 42.6 Å². The molecule has 0 saturated carbocycles. The molecule has 11 heteroatoms. The van der Waals surface area contributed by atoms with Gasteiger partial charge in [0.2, 0.25) is 11.7 Å². The second kappa shape index (κ2) is 13.5. The first kappa shape index (κ1) is 30.5. The molecule has 0 amide bonds. The molecule has 3 aliphatic rings. The first-order chi connectivity index (χ1) is 19.4. The number of pyridine rings is 1. The molecule has 2 aromatic heterocycles. The van der Waals surface area contributed by atoms with E-state index in [1.54, 1.807) is 49.5 Å². The van der Waals surface area contributed by atoms with Crippen molar-refractivity contribution in [2.75, 3.05) is 45.2 Å². The summed E-state index contributed by atoms with van der Waals surface area (Å²) in [5.41, 5.74) is 1.55. The number of aromatic nitrogens is 1. The molecule has 3 fully saturated rings. The Morgan fingerprint density at radius 3 is 2.59 bits per heavy atom. The van der Waals surface area contributed by atoms with Gasteiger partial charge in [-0.25, -0.2) is 14.6 Å². The number of thiophene rings is 1. The number of esters is 2. The number of anilines is 1. The van der Waals surface area contributed by atoms with Gasteiger partial charge in [-0.15, -0.1) is 11.3 Å². The molecule has 0 aliphatic carbocycles. The highest BCUT2D eigenvalue weighted by atomic mass is 35.5. The molecule has 3 aromatic rings. The van der Waals surface area contributed by atoms with E-state index in [2.05, 4.69) is 10.3 Å². The van der Waals surface area contributed by atoms with E-state index in [9.17, 15) is 14.4 Å². The van der Waals surface area contributed by atoms with E-state index >= 15 is 0 Å². The van der Waals surface area contributed by atoms with Gasteiger partial charge in [0.15, 0.2) is 12.1 Å². The van der Waals surface area contributed by atoms with Crippen molar-refractivity contribution in [1.82, 2.24) is 4.98 Å². The molecule has 1 N–H and O–H groups in total. The van der Waals surface area contributed by atoms with E-state index in [4.69, 9.17) is 14.2 Å². The van der Waals surface area contributed by atoms with Gasteiger partial charge < -0.3 is 36.4 Å². The van der Waals surface area contributed by atoms with Crippen LogP contribution in [0.2, 0.25) is 0 Å². The summed E-state index contributed by atoms with van der Waals surface area (Å²) in [4.78, 5) is 44.1. The fourth-order valence-corrected chi connectivity index (χ4v) is 6.35. The third kappa shape index (κ3) is 7.06. The average molecular weight is 600 g/mol. The Hall–Kier alpha value is -3.47. The maximum Gasteiger partial charge on any atom is 0.338 e. The lowest BCUT2D eigenvalue weighted by molar-refractivity contribution is -0.938. The van der Waals surface area contributed by atoms with Crippen LogP contribution < -0.4 is 22.5 Å². The van der Waals surface area contributed by atoms with E-state index in [-0.39, 0.29) is 36.8 Å². The van der Waals surface area contributed by atoms with Crippen LogP contribution in [-0.2, 0) is 14.3 Å². The predicted molar refractivity (Wildman–Crippen MR) is 151 cm³/mol. The largest absolute Gasteiger partial charge is 1.00 e. The minimum Gasteiger partial charge on any atom is -1.00 e. The van der Waals surface area contributed by atoms with Crippen LogP contribution in [0.25, 0.3) is 0 Å². The first-order valence-electron chi connectivity index (χ1n) is 13.6. The second-order valence-corrected chi connectivity index (χ2v) is 11.3. The van der Waals surface area contributed by atoms with Gasteiger partial charge in [-0.1, -0.05) is 12.1 Å². The van der Waals surface area contributed by atoms with Crippen LogP contribution in [0.15, 0.2) is 60.1 Å². The van der Waals surface area contributed by atoms with Gasteiger partial charge in [-0.2, -0.15) is 0 Å². The number of nitrogens with one attached hydrogen (secondary N) is 1. The van der Waals surface area contributed by atoms with Gasteiger partial charge in [-0.3, -0.25) is 4.79 Å². The molecule has 5 heterocycles. The van der Waals surface area contributed by atoms with Gasteiger partial charge in [0.25, 0.3) is 0 Å². The van der Waals surface area contributed by atoms with Gasteiger partial charge in [0.05, 0.1) is 37.2 Å². The summed E-state index contributed by atoms with van der Waals surface area (Å²) in [6.07, 6.45) is 3.13.